The van der Waals surface area contributed by atoms with Crippen LogP contribution in [0, 0.1) is 6.92 Å². The van der Waals surface area contributed by atoms with E-state index >= 15 is 0 Å². The Balaban J connectivity index is 1.68. The van der Waals surface area contributed by atoms with Crippen molar-refractivity contribution in [3.05, 3.63) is 115 Å². The van der Waals surface area contributed by atoms with Crippen molar-refractivity contribution in [2.75, 3.05) is 0 Å². The molecule has 0 radical (unpaired) electrons. The molecule has 0 unspecified atom stereocenters. The molecule has 0 aliphatic rings. The molecule has 1 heterocycles. The first-order chi connectivity index (χ1) is 14.8. The number of aromatic nitrogens is 1. The minimum absolute atomic E-state index is 1.19. The fourth-order valence-electron chi connectivity index (χ4n) is 4.59. The minimum atomic E-state index is 1.19. The van der Waals surface area contributed by atoms with E-state index in [9.17, 15) is 0 Å². The van der Waals surface area contributed by atoms with Gasteiger partial charge in [-0.1, -0.05) is 91.0 Å². The van der Waals surface area contributed by atoms with E-state index in [1.54, 1.807) is 0 Å². The van der Waals surface area contributed by atoms with Crippen LogP contribution < -0.4 is 0 Å². The van der Waals surface area contributed by atoms with Gasteiger partial charge in [0, 0.05) is 21.8 Å². The molecular formula is C29H21N. The molecule has 0 fully saturated rings. The van der Waals surface area contributed by atoms with Crippen LogP contribution >= 0.6 is 0 Å². The van der Waals surface area contributed by atoms with Crippen LogP contribution in [0.5, 0.6) is 0 Å². The number of benzene rings is 5. The van der Waals surface area contributed by atoms with Crippen LogP contribution in [0.2, 0.25) is 0 Å². The molecule has 1 nitrogen and oxygen atoms in total. The zero-order valence-corrected chi connectivity index (χ0v) is 16.8. The number of nitrogens with zero attached hydrogens (tertiary/aromatic N) is 1. The summed E-state index contributed by atoms with van der Waals surface area (Å²) in [6, 6.07) is 39.4. The summed E-state index contributed by atoms with van der Waals surface area (Å²) in [6.45, 7) is 2.16. The molecule has 0 spiro atoms. The normalized spacial score (nSPS) is 11.5. The summed E-state index contributed by atoms with van der Waals surface area (Å²) in [7, 11) is 0. The second-order valence-corrected chi connectivity index (χ2v) is 7.95. The summed E-state index contributed by atoms with van der Waals surface area (Å²) in [5.74, 6) is 0. The number of rotatable bonds is 2. The highest BCUT2D eigenvalue weighted by molar-refractivity contribution is 6.18. The Bertz CT molecular complexity index is 1520. The zero-order valence-electron chi connectivity index (χ0n) is 16.8. The van der Waals surface area contributed by atoms with Crippen molar-refractivity contribution in [2.24, 2.45) is 0 Å². The van der Waals surface area contributed by atoms with Gasteiger partial charge in [0.2, 0.25) is 0 Å². The fourth-order valence-corrected chi connectivity index (χ4v) is 4.59. The van der Waals surface area contributed by atoms with Gasteiger partial charge in [-0.3, -0.25) is 0 Å². The fraction of sp³-hybridized carbons (Fsp3) is 0.0345. The molecule has 0 saturated carbocycles. The number of fused-ring (bicyclic) bond motifs is 5. The maximum Gasteiger partial charge on any atom is 0.0619 e. The highest BCUT2D eigenvalue weighted by atomic mass is 15.0. The lowest BCUT2D eigenvalue weighted by molar-refractivity contribution is 1.18. The smallest absolute Gasteiger partial charge is 0.0619 e. The predicted octanol–water partition coefficient (Wildman–Crippen LogP) is 7.91. The molecule has 0 aliphatic heterocycles. The van der Waals surface area contributed by atoms with Gasteiger partial charge in [-0.25, -0.2) is 0 Å². The lowest BCUT2D eigenvalue weighted by Crippen LogP contribution is -1.94. The van der Waals surface area contributed by atoms with E-state index in [1.165, 1.54) is 55.0 Å². The first-order valence-electron chi connectivity index (χ1n) is 10.4. The summed E-state index contributed by atoms with van der Waals surface area (Å²) in [5, 5.41) is 5.16. The van der Waals surface area contributed by atoms with Crippen LogP contribution in [-0.4, -0.2) is 4.57 Å². The first kappa shape index (κ1) is 17.1. The number of aryl methyl sites for hydroxylation is 1. The molecule has 6 aromatic rings. The summed E-state index contributed by atoms with van der Waals surface area (Å²) in [5.41, 5.74) is 7.48. The van der Waals surface area contributed by atoms with Crippen molar-refractivity contribution in [1.29, 1.82) is 0 Å². The Morgan fingerprint density at radius 3 is 2.07 bits per heavy atom. The Labute approximate surface area is 175 Å². The van der Waals surface area contributed by atoms with Gasteiger partial charge in [0.1, 0.15) is 0 Å². The summed E-state index contributed by atoms with van der Waals surface area (Å²) in [4.78, 5) is 0. The Hall–Kier alpha value is -3.84. The second kappa shape index (κ2) is 6.60. The molecule has 30 heavy (non-hydrogen) atoms. The molecule has 0 atom stereocenters. The van der Waals surface area contributed by atoms with Gasteiger partial charge in [0.25, 0.3) is 0 Å². The molecule has 1 aromatic heterocycles. The molecule has 0 aliphatic carbocycles. The molecule has 1 heteroatoms. The Morgan fingerprint density at radius 2 is 1.23 bits per heavy atom. The van der Waals surface area contributed by atoms with Gasteiger partial charge in [-0.05, 0) is 47.2 Å². The lowest BCUT2D eigenvalue weighted by atomic mass is 10.0. The average molecular weight is 383 g/mol. The minimum Gasteiger partial charge on any atom is -0.309 e. The monoisotopic (exact) mass is 383 g/mol. The van der Waals surface area contributed by atoms with E-state index in [0.29, 0.717) is 0 Å². The quantitative estimate of drug-likeness (QED) is 0.286. The van der Waals surface area contributed by atoms with Crippen molar-refractivity contribution in [3.8, 4) is 16.8 Å². The van der Waals surface area contributed by atoms with Crippen molar-refractivity contribution in [1.82, 2.24) is 4.57 Å². The summed E-state index contributed by atoms with van der Waals surface area (Å²) >= 11 is 0. The van der Waals surface area contributed by atoms with Gasteiger partial charge in [-0.15, -0.1) is 0 Å². The standard InChI is InChI=1S/C29H21N/c1-20-11-17-26-27-18-14-23-9-5-6-10-25(23)29(27)30(28(26)19-20)24-15-12-22(13-16-24)21-7-3-2-4-8-21/h2-19H,1H3. The third-order valence-electron chi connectivity index (χ3n) is 6.04. The van der Waals surface area contributed by atoms with Crippen LogP contribution in [0.25, 0.3) is 49.4 Å². The molecule has 6 rings (SSSR count). The molecule has 0 saturated heterocycles. The van der Waals surface area contributed by atoms with Gasteiger partial charge in [0.15, 0.2) is 0 Å². The van der Waals surface area contributed by atoms with Gasteiger partial charge in [-0.2, -0.15) is 0 Å². The molecule has 5 aromatic carbocycles. The maximum atomic E-state index is 2.43. The molecular weight excluding hydrogens is 362 g/mol. The van der Waals surface area contributed by atoms with Crippen molar-refractivity contribution < 1.29 is 0 Å². The molecule has 142 valence electrons. The topological polar surface area (TPSA) is 4.93 Å². The van der Waals surface area contributed by atoms with Crippen LogP contribution in [0.4, 0.5) is 0 Å². The summed E-state index contributed by atoms with van der Waals surface area (Å²) in [6.07, 6.45) is 0. The van der Waals surface area contributed by atoms with Crippen LogP contribution in [0.1, 0.15) is 5.56 Å². The SMILES string of the molecule is Cc1ccc2c3ccc4ccccc4c3n(-c3ccc(-c4ccccc4)cc3)c2c1. The van der Waals surface area contributed by atoms with Gasteiger partial charge in [0.05, 0.1) is 11.0 Å². The Morgan fingerprint density at radius 1 is 0.533 bits per heavy atom. The average Bonchev–Trinajstić information content (AvgIpc) is 3.13. The van der Waals surface area contributed by atoms with E-state index in [2.05, 4.69) is 121 Å². The van der Waals surface area contributed by atoms with E-state index in [4.69, 9.17) is 0 Å². The van der Waals surface area contributed by atoms with E-state index in [1.807, 2.05) is 0 Å². The van der Waals surface area contributed by atoms with E-state index in [-0.39, 0.29) is 0 Å². The number of hydrogen-bond acceptors (Lipinski definition) is 0. The van der Waals surface area contributed by atoms with Crippen molar-refractivity contribution in [2.45, 2.75) is 6.92 Å². The third-order valence-corrected chi connectivity index (χ3v) is 6.04. The number of hydrogen-bond donors (Lipinski definition) is 0. The molecule has 0 amide bonds. The maximum absolute atomic E-state index is 2.43. The third kappa shape index (κ3) is 2.56. The highest BCUT2D eigenvalue weighted by Gasteiger charge is 2.15. The van der Waals surface area contributed by atoms with Crippen molar-refractivity contribution in [3.63, 3.8) is 0 Å². The largest absolute Gasteiger partial charge is 0.309 e. The van der Waals surface area contributed by atoms with Gasteiger partial charge < -0.3 is 4.57 Å². The van der Waals surface area contributed by atoms with Crippen molar-refractivity contribution >= 4 is 32.6 Å². The van der Waals surface area contributed by atoms with E-state index in [0.717, 1.165) is 0 Å². The first-order valence-corrected chi connectivity index (χ1v) is 10.4. The predicted molar refractivity (Wildman–Crippen MR) is 128 cm³/mol. The summed E-state index contributed by atoms with van der Waals surface area (Å²) < 4.78 is 2.43. The van der Waals surface area contributed by atoms with E-state index < -0.39 is 0 Å². The highest BCUT2D eigenvalue weighted by Crippen LogP contribution is 2.37. The van der Waals surface area contributed by atoms with Gasteiger partial charge >= 0.3 is 0 Å². The second-order valence-electron chi connectivity index (χ2n) is 7.95. The lowest BCUT2D eigenvalue weighted by Gasteiger charge is -2.11. The van der Waals surface area contributed by atoms with Crippen LogP contribution in [0.15, 0.2) is 109 Å². The Kier molecular flexibility index (Phi) is 3.75. The zero-order chi connectivity index (χ0) is 20.1. The molecule has 0 bridgehead atoms. The molecule has 0 N–H and O–H groups in total. The van der Waals surface area contributed by atoms with Crippen LogP contribution in [0.3, 0.4) is 0 Å². The van der Waals surface area contributed by atoms with Crippen LogP contribution in [-0.2, 0) is 0 Å².